The van der Waals surface area contributed by atoms with Crippen molar-refractivity contribution < 1.29 is 9.53 Å². The Kier molecular flexibility index (Phi) is 3.95. The van der Waals surface area contributed by atoms with Gasteiger partial charge in [-0.1, -0.05) is 18.9 Å². The number of benzene rings is 1. The molecule has 1 heterocycles. The van der Waals surface area contributed by atoms with Crippen molar-refractivity contribution in [2.75, 3.05) is 13.7 Å². The van der Waals surface area contributed by atoms with Crippen molar-refractivity contribution >= 4 is 5.91 Å². The van der Waals surface area contributed by atoms with Crippen LogP contribution in [-0.4, -0.2) is 30.5 Å². The lowest BCUT2D eigenvalue weighted by Gasteiger charge is -2.29. The van der Waals surface area contributed by atoms with E-state index in [2.05, 4.69) is 4.90 Å². The molecule has 1 amide bonds. The summed E-state index contributed by atoms with van der Waals surface area (Å²) in [6.07, 6.45) is 7.60. The Morgan fingerprint density at radius 2 is 2.00 bits per heavy atom. The first-order chi connectivity index (χ1) is 9.79. The maximum atomic E-state index is 12.8. The molecule has 0 radical (unpaired) electrons. The molecule has 1 atom stereocenters. The summed E-state index contributed by atoms with van der Waals surface area (Å²) < 4.78 is 5.22. The Morgan fingerprint density at radius 1 is 1.20 bits per heavy atom. The summed E-state index contributed by atoms with van der Waals surface area (Å²) in [5, 5.41) is 0. The number of ether oxygens (including phenoxy) is 1. The van der Waals surface area contributed by atoms with Crippen LogP contribution in [0.15, 0.2) is 24.3 Å². The van der Waals surface area contributed by atoms with Gasteiger partial charge < -0.3 is 9.64 Å². The maximum Gasteiger partial charge on any atom is 0.254 e. The van der Waals surface area contributed by atoms with Gasteiger partial charge in [-0.2, -0.15) is 0 Å². The van der Waals surface area contributed by atoms with Crippen molar-refractivity contribution in [3.8, 4) is 5.75 Å². The van der Waals surface area contributed by atoms with Gasteiger partial charge in [-0.25, -0.2) is 0 Å². The molecule has 1 saturated heterocycles. The summed E-state index contributed by atoms with van der Waals surface area (Å²) in [5.74, 6) is 1.66. The molecular weight excluding hydrogens is 250 g/mol. The van der Waals surface area contributed by atoms with Crippen LogP contribution in [0.1, 0.15) is 48.9 Å². The predicted octanol–water partition coefficient (Wildman–Crippen LogP) is 3.49. The normalized spacial score (nSPS) is 23.2. The van der Waals surface area contributed by atoms with Gasteiger partial charge >= 0.3 is 0 Å². The zero-order valence-electron chi connectivity index (χ0n) is 12.2. The SMILES string of the molecule is COc1cccc(C(=O)N2CCCC2C2CCCC2)c1. The van der Waals surface area contributed by atoms with Crippen LogP contribution in [0, 0.1) is 5.92 Å². The molecule has 3 heteroatoms. The van der Waals surface area contributed by atoms with E-state index < -0.39 is 0 Å². The third kappa shape index (κ3) is 2.54. The van der Waals surface area contributed by atoms with Crippen LogP contribution in [0.2, 0.25) is 0 Å². The summed E-state index contributed by atoms with van der Waals surface area (Å²) in [6, 6.07) is 8.00. The zero-order valence-corrected chi connectivity index (χ0v) is 12.2. The van der Waals surface area contributed by atoms with Crippen LogP contribution in [0.5, 0.6) is 5.75 Å². The molecule has 1 aromatic carbocycles. The first-order valence-corrected chi connectivity index (χ1v) is 7.74. The molecule has 2 fully saturated rings. The number of rotatable bonds is 3. The van der Waals surface area contributed by atoms with E-state index >= 15 is 0 Å². The lowest BCUT2D eigenvalue weighted by molar-refractivity contribution is 0.0688. The van der Waals surface area contributed by atoms with Crippen LogP contribution in [0.3, 0.4) is 0 Å². The van der Waals surface area contributed by atoms with Crippen LogP contribution in [-0.2, 0) is 0 Å². The molecular formula is C17H23NO2. The monoisotopic (exact) mass is 273 g/mol. The fourth-order valence-electron chi connectivity index (χ4n) is 3.80. The van der Waals surface area contributed by atoms with E-state index in [1.54, 1.807) is 7.11 Å². The van der Waals surface area contributed by atoms with Crippen molar-refractivity contribution in [2.45, 2.75) is 44.6 Å². The Hall–Kier alpha value is -1.51. The summed E-state index contributed by atoms with van der Waals surface area (Å²) >= 11 is 0. The molecule has 1 saturated carbocycles. The van der Waals surface area contributed by atoms with Gasteiger partial charge in [0, 0.05) is 18.2 Å². The molecule has 20 heavy (non-hydrogen) atoms. The number of hydrogen-bond donors (Lipinski definition) is 0. The Morgan fingerprint density at radius 3 is 2.75 bits per heavy atom. The van der Waals surface area contributed by atoms with Crippen molar-refractivity contribution in [1.82, 2.24) is 4.90 Å². The average Bonchev–Trinajstić information content (AvgIpc) is 3.16. The van der Waals surface area contributed by atoms with Crippen LogP contribution in [0.25, 0.3) is 0 Å². The average molecular weight is 273 g/mol. The van der Waals surface area contributed by atoms with Gasteiger partial charge in [-0.05, 0) is 49.8 Å². The highest BCUT2D eigenvalue weighted by Crippen LogP contribution is 2.36. The topological polar surface area (TPSA) is 29.5 Å². The predicted molar refractivity (Wildman–Crippen MR) is 79.0 cm³/mol. The second kappa shape index (κ2) is 5.86. The van der Waals surface area contributed by atoms with Gasteiger partial charge in [-0.15, -0.1) is 0 Å². The number of carbonyl (C=O) groups excluding carboxylic acids is 1. The molecule has 1 aliphatic carbocycles. The molecule has 0 N–H and O–H groups in total. The molecule has 0 bridgehead atoms. The molecule has 108 valence electrons. The summed E-state index contributed by atoms with van der Waals surface area (Å²) in [7, 11) is 1.64. The highest BCUT2D eigenvalue weighted by atomic mass is 16.5. The minimum Gasteiger partial charge on any atom is -0.497 e. The lowest BCUT2D eigenvalue weighted by atomic mass is 9.95. The minimum absolute atomic E-state index is 0.179. The van der Waals surface area contributed by atoms with Crippen molar-refractivity contribution in [2.24, 2.45) is 5.92 Å². The lowest BCUT2D eigenvalue weighted by Crippen LogP contribution is -2.39. The second-order valence-electron chi connectivity index (χ2n) is 5.98. The smallest absolute Gasteiger partial charge is 0.254 e. The number of nitrogens with zero attached hydrogens (tertiary/aromatic N) is 1. The highest BCUT2D eigenvalue weighted by molar-refractivity contribution is 5.95. The van der Waals surface area contributed by atoms with E-state index in [0.29, 0.717) is 6.04 Å². The van der Waals surface area contributed by atoms with Crippen LogP contribution < -0.4 is 4.74 Å². The highest BCUT2D eigenvalue weighted by Gasteiger charge is 2.36. The Bertz CT molecular complexity index is 480. The van der Waals surface area contributed by atoms with Gasteiger partial charge in [0.2, 0.25) is 0 Å². The summed E-state index contributed by atoms with van der Waals surface area (Å²) in [5.41, 5.74) is 0.759. The number of hydrogen-bond acceptors (Lipinski definition) is 2. The number of carbonyl (C=O) groups is 1. The molecule has 1 unspecified atom stereocenters. The third-order valence-electron chi connectivity index (χ3n) is 4.82. The van der Waals surface area contributed by atoms with E-state index in [1.165, 1.54) is 32.1 Å². The first-order valence-electron chi connectivity index (χ1n) is 7.74. The first kappa shape index (κ1) is 13.5. The molecule has 0 spiro atoms. The Balaban J connectivity index is 1.77. The quantitative estimate of drug-likeness (QED) is 0.843. The fourth-order valence-corrected chi connectivity index (χ4v) is 3.80. The number of methoxy groups -OCH3 is 1. The fraction of sp³-hybridized carbons (Fsp3) is 0.588. The minimum atomic E-state index is 0.179. The summed E-state index contributed by atoms with van der Waals surface area (Å²) in [4.78, 5) is 14.9. The van der Waals surface area contributed by atoms with Gasteiger partial charge in [0.15, 0.2) is 0 Å². The third-order valence-corrected chi connectivity index (χ3v) is 4.82. The second-order valence-corrected chi connectivity index (χ2v) is 5.98. The van der Waals surface area contributed by atoms with Crippen molar-refractivity contribution in [1.29, 1.82) is 0 Å². The van der Waals surface area contributed by atoms with E-state index in [9.17, 15) is 4.79 Å². The van der Waals surface area contributed by atoms with E-state index in [-0.39, 0.29) is 5.91 Å². The molecule has 0 aromatic heterocycles. The van der Waals surface area contributed by atoms with Gasteiger partial charge in [0.1, 0.15) is 5.75 Å². The van der Waals surface area contributed by atoms with Crippen molar-refractivity contribution in [3.05, 3.63) is 29.8 Å². The van der Waals surface area contributed by atoms with E-state index in [1.807, 2.05) is 24.3 Å². The summed E-state index contributed by atoms with van der Waals surface area (Å²) in [6.45, 7) is 0.914. The molecule has 2 aliphatic rings. The standard InChI is InChI=1S/C17H23NO2/c1-20-15-9-4-8-14(12-15)17(19)18-11-5-10-16(18)13-6-2-3-7-13/h4,8-9,12-13,16H,2-3,5-7,10-11H2,1H3. The largest absolute Gasteiger partial charge is 0.497 e. The zero-order chi connectivity index (χ0) is 13.9. The molecule has 1 aromatic rings. The van der Waals surface area contributed by atoms with E-state index in [0.717, 1.165) is 30.2 Å². The molecule has 3 nitrogen and oxygen atoms in total. The number of amides is 1. The number of likely N-dealkylation sites (tertiary alicyclic amines) is 1. The molecule has 3 rings (SSSR count). The van der Waals surface area contributed by atoms with Gasteiger partial charge in [0.05, 0.1) is 7.11 Å². The van der Waals surface area contributed by atoms with Gasteiger partial charge in [0.25, 0.3) is 5.91 Å². The van der Waals surface area contributed by atoms with Gasteiger partial charge in [-0.3, -0.25) is 4.79 Å². The van der Waals surface area contributed by atoms with E-state index in [4.69, 9.17) is 4.74 Å². The van der Waals surface area contributed by atoms with Crippen molar-refractivity contribution in [3.63, 3.8) is 0 Å². The van der Waals surface area contributed by atoms with Crippen LogP contribution >= 0.6 is 0 Å². The molecule has 1 aliphatic heterocycles. The van der Waals surface area contributed by atoms with Crippen LogP contribution in [0.4, 0.5) is 0 Å². The Labute approximate surface area is 120 Å². The maximum absolute atomic E-state index is 12.8.